The number of benzene rings is 2. The number of nitrogens with one attached hydrogen (secondary N) is 3. The lowest BCUT2D eigenvalue weighted by Crippen LogP contribution is -2.16. The summed E-state index contributed by atoms with van der Waals surface area (Å²) in [7, 11) is 0. The Hall–Kier alpha value is -3.91. The van der Waals surface area contributed by atoms with Gasteiger partial charge in [0, 0.05) is 5.69 Å². The van der Waals surface area contributed by atoms with E-state index in [9.17, 15) is 14.0 Å². The van der Waals surface area contributed by atoms with Crippen molar-refractivity contribution in [2.75, 3.05) is 16.0 Å². The fraction of sp³-hybridized carbons (Fsp3) is 0.0870. The van der Waals surface area contributed by atoms with E-state index in [2.05, 4.69) is 34.1 Å². The predicted molar refractivity (Wildman–Crippen MR) is 128 cm³/mol. The van der Waals surface area contributed by atoms with Gasteiger partial charge in [-0.1, -0.05) is 36.9 Å². The van der Waals surface area contributed by atoms with Gasteiger partial charge in [-0.2, -0.15) is 0 Å². The van der Waals surface area contributed by atoms with Crippen molar-refractivity contribution in [1.82, 2.24) is 0 Å². The zero-order valence-electron chi connectivity index (χ0n) is 17.6. The van der Waals surface area contributed by atoms with Gasteiger partial charge in [-0.3, -0.25) is 9.59 Å². The van der Waals surface area contributed by atoms with E-state index in [-0.39, 0.29) is 22.3 Å². The van der Waals surface area contributed by atoms with Crippen LogP contribution >= 0.6 is 11.6 Å². The minimum Gasteiger partial charge on any atom is -0.366 e. The normalized spacial score (nSPS) is 11.8. The van der Waals surface area contributed by atoms with Gasteiger partial charge in [0.2, 0.25) is 5.91 Å². The monoisotopic (exact) mass is 455 g/mol. The van der Waals surface area contributed by atoms with Crippen LogP contribution in [0.3, 0.4) is 0 Å². The highest BCUT2D eigenvalue weighted by atomic mass is 35.5. The van der Waals surface area contributed by atoms with Crippen molar-refractivity contribution in [2.24, 2.45) is 10.7 Å². The molecule has 0 bridgehead atoms. The third kappa shape index (κ3) is 6.29. The van der Waals surface area contributed by atoms with Crippen molar-refractivity contribution in [2.45, 2.75) is 13.8 Å². The minimum atomic E-state index is -0.879. The first-order valence-electron chi connectivity index (χ1n) is 9.40. The van der Waals surface area contributed by atoms with Gasteiger partial charge in [-0.25, -0.2) is 9.38 Å². The Labute approximate surface area is 190 Å². The lowest BCUT2D eigenvalue weighted by atomic mass is 10.1. The van der Waals surface area contributed by atoms with Gasteiger partial charge in [0.05, 0.1) is 22.0 Å². The fourth-order valence-corrected chi connectivity index (χ4v) is 2.73. The molecule has 166 valence electrons. The number of nitrogens with zero attached hydrogens (tertiary/aromatic N) is 1. The maximum Gasteiger partial charge on any atom is 0.251 e. The van der Waals surface area contributed by atoms with E-state index in [0.29, 0.717) is 28.5 Å². The van der Waals surface area contributed by atoms with E-state index in [4.69, 9.17) is 17.3 Å². The van der Waals surface area contributed by atoms with E-state index >= 15 is 0 Å². The standard InChI is InChI=1S/C23H23ClFN5O2/c1-5-16(24)23(30-19-10-8-7-9-18(19)29-21(31)6-2)28-14(4)27-20-12-15(22(26)32)17(25)11-13(20)3/h5-12,30H,1-2H2,3-4H3,(H2,26,32)(H,27,28)(H,29,31)/b23-16-. The predicted octanol–water partition coefficient (Wildman–Crippen LogP) is 4.89. The highest BCUT2D eigenvalue weighted by molar-refractivity contribution is 6.31. The molecule has 0 saturated carbocycles. The Balaban J connectivity index is 2.38. The Morgan fingerprint density at radius 1 is 1.06 bits per heavy atom. The number of carbonyl (C=O) groups excluding carboxylic acids is 2. The Morgan fingerprint density at radius 2 is 1.69 bits per heavy atom. The molecular weight excluding hydrogens is 433 g/mol. The number of amides is 2. The highest BCUT2D eigenvalue weighted by Gasteiger charge is 2.13. The van der Waals surface area contributed by atoms with Crippen LogP contribution in [-0.2, 0) is 4.79 Å². The van der Waals surface area contributed by atoms with Gasteiger partial charge < -0.3 is 21.7 Å². The van der Waals surface area contributed by atoms with Crippen LogP contribution < -0.4 is 21.7 Å². The molecule has 0 fully saturated rings. The molecule has 32 heavy (non-hydrogen) atoms. The molecule has 0 atom stereocenters. The fourth-order valence-electron chi connectivity index (χ4n) is 2.64. The smallest absolute Gasteiger partial charge is 0.251 e. The Bertz CT molecular complexity index is 1140. The largest absolute Gasteiger partial charge is 0.366 e. The Kier molecular flexibility index (Phi) is 8.31. The number of rotatable bonds is 8. The Morgan fingerprint density at radius 3 is 2.25 bits per heavy atom. The third-order valence-electron chi connectivity index (χ3n) is 4.20. The second-order valence-corrected chi connectivity index (χ2v) is 7.01. The average Bonchev–Trinajstić information content (AvgIpc) is 2.75. The number of aliphatic imine (C=N–C) groups is 1. The van der Waals surface area contributed by atoms with E-state index in [1.807, 2.05) is 0 Å². The first-order valence-corrected chi connectivity index (χ1v) is 9.78. The topological polar surface area (TPSA) is 109 Å². The lowest BCUT2D eigenvalue weighted by molar-refractivity contribution is -0.111. The van der Waals surface area contributed by atoms with Crippen LogP contribution in [0.25, 0.3) is 0 Å². The molecule has 0 aromatic heterocycles. The first kappa shape index (κ1) is 24.4. The molecule has 2 aromatic rings. The van der Waals surface area contributed by atoms with E-state index < -0.39 is 11.7 Å². The number of allylic oxidation sites excluding steroid dienone is 2. The maximum absolute atomic E-state index is 13.9. The van der Waals surface area contributed by atoms with Crippen LogP contribution in [0.2, 0.25) is 0 Å². The second kappa shape index (κ2) is 10.9. The molecule has 5 N–H and O–H groups in total. The molecule has 7 nitrogen and oxygen atoms in total. The molecule has 0 saturated heterocycles. The second-order valence-electron chi connectivity index (χ2n) is 6.60. The van der Waals surface area contributed by atoms with Gasteiger partial charge in [-0.15, -0.1) is 0 Å². The number of carbonyl (C=O) groups is 2. The van der Waals surface area contributed by atoms with E-state index in [1.165, 1.54) is 18.2 Å². The molecule has 9 heteroatoms. The van der Waals surface area contributed by atoms with Crippen LogP contribution in [-0.4, -0.2) is 17.6 Å². The van der Waals surface area contributed by atoms with Crippen LogP contribution in [0.1, 0.15) is 22.8 Å². The number of hydrogen-bond donors (Lipinski definition) is 4. The molecule has 0 radical (unpaired) electrons. The minimum absolute atomic E-state index is 0.213. The molecule has 0 heterocycles. The summed E-state index contributed by atoms with van der Waals surface area (Å²) in [6.45, 7) is 10.4. The van der Waals surface area contributed by atoms with Crippen molar-refractivity contribution >= 4 is 46.3 Å². The highest BCUT2D eigenvalue weighted by Crippen LogP contribution is 2.26. The molecule has 0 spiro atoms. The van der Waals surface area contributed by atoms with Crippen molar-refractivity contribution < 1.29 is 14.0 Å². The van der Waals surface area contributed by atoms with Crippen LogP contribution in [0.4, 0.5) is 21.5 Å². The van der Waals surface area contributed by atoms with Crippen LogP contribution in [0.5, 0.6) is 0 Å². The van der Waals surface area contributed by atoms with Crippen molar-refractivity contribution in [1.29, 1.82) is 0 Å². The van der Waals surface area contributed by atoms with Crippen molar-refractivity contribution in [3.8, 4) is 0 Å². The van der Waals surface area contributed by atoms with Gasteiger partial charge >= 0.3 is 0 Å². The zero-order valence-corrected chi connectivity index (χ0v) is 18.4. The SMILES string of the molecule is C=CC(=O)Nc1ccccc1N/C(N=C(C)Nc1cc(C(N)=O)c(F)cc1C)=C(\Cl)C=C. The van der Waals surface area contributed by atoms with Gasteiger partial charge in [0.1, 0.15) is 11.7 Å². The maximum atomic E-state index is 13.9. The molecule has 2 amide bonds. The summed E-state index contributed by atoms with van der Waals surface area (Å²) in [6.07, 6.45) is 2.56. The lowest BCUT2D eigenvalue weighted by Gasteiger charge is -2.15. The number of amidine groups is 1. The van der Waals surface area contributed by atoms with Gasteiger partial charge in [-0.05, 0) is 55.8 Å². The number of para-hydroxylation sites is 2. The molecule has 2 aromatic carbocycles. The molecule has 2 rings (SSSR count). The summed E-state index contributed by atoms with van der Waals surface area (Å²) in [4.78, 5) is 27.6. The van der Waals surface area contributed by atoms with Crippen LogP contribution in [0, 0.1) is 12.7 Å². The summed E-state index contributed by atoms with van der Waals surface area (Å²) in [6, 6.07) is 9.48. The molecular formula is C23H23ClFN5O2. The van der Waals surface area contributed by atoms with E-state index in [0.717, 1.165) is 6.08 Å². The van der Waals surface area contributed by atoms with Crippen molar-refractivity contribution in [3.05, 3.63) is 89.5 Å². The summed E-state index contributed by atoms with van der Waals surface area (Å²) in [5.74, 6) is -1.34. The van der Waals surface area contributed by atoms with Crippen molar-refractivity contribution in [3.63, 3.8) is 0 Å². The molecule has 0 aliphatic heterocycles. The molecule has 0 aliphatic rings. The third-order valence-corrected chi connectivity index (χ3v) is 4.54. The van der Waals surface area contributed by atoms with Crippen LogP contribution in [0.15, 0.2) is 77.6 Å². The summed E-state index contributed by atoms with van der Waals surface area (Å²) < 4.78 is 13.9. The number of anilines is 3. The number of halogens is 2. The quantitative estimate of drug-likeness (QED) is 0.196. The number of hydrogen-bond acceptors (Lipinski definition) is 4. The average molecular weight is 456 g/mol. The number of nitrogens with two attached hydrogens (primary N) is 1. The summed E-state index contributed by atoms with van der Waals surface area (Å²) in [5, 5.41) is 8.98. The van der Waals surface area contributed by atoms with Gasteiger partial charge in [0.15, 0.2) is 5.82 Å². The molecule has 0 unspecified atom stereocenters. The van der Waals surface area contributed by atoms with E-state index in [1.54, 1.807) is 38.1 Å². The molecule has 0 aliphatic carbocycles. The first-order chi connectivity index (χ1) is 15.2. The summed E-state index contributed by atoms with van der Waals surface area (Å²) >= 11 is 6.28. The number of aryl methyl sites for hydroxylation is 1. The number of primary amides is 1. The summed E-state index contributed by atoms with van der Waals surface area (Å²) in [5.41, 5.74) is 7.01. The zero-order chi connectivity index (χ0) is 23.8. The van der Waals surface area contributed by atoms with Gasteiger partial charge in [0.25, 0.3) is 5.91 Å².